The lowest BCUT2D eigenvalue weighted by Crippen LogP contribution is -2.32. The van der Waals surface area contributed by atoms with E-state index in [2.05, 4.69) is 5.32 Å². The number of anilines is 1. The first-order chi connectivity index (χ1) is 8.48. The summed E-state index contributed by atoms with van der Waals surface area (Å²) < 4.78 is 13.3. The maximum Gasteiger partial charge on any atom is 0.160 e. The molecule has 1 aromatic carbocycles. The van der Waals surface area contributed by atoms with Crippen LogP contribution in [0.1, 0.15) is 26.7 Å². The monoisotopic (exact) mass is 293 g/mol. The summed E-state index contributed by atoms with van der Waals surface area (Å²) in [5.74, 6) is -0.608. The predicted octanol–water partition coefficient (Wildman–Crippen LogP) is 4.34. The Morgan fingerprint density at radius 3 is 2.11 bits per heavy atom. The van der Waals surface area contributed by atoms with E-state index in [1.54, 1.807) is 0 Å². The van der Waals surface area contributed by atoms with Crippen molar-refractivity contribution >= 4 is 28.9 Å². The minimum absolute atomic E-state index is 0.00686. The molecule has 0 amide bonds. The second-order valence-electron chi connectivity index (χ2n) is 4.47. The smallest absolute Gasteiger partial charge is 0.160 e. The molecule has 0 aliphatic rings. The van der Waals surface area contributed by atoms with Crippen LogP contribution in [0.4, 0.5) is 10.1 Å². The van der Waals surface area contributed by atoms with Gasteiger partial charge in [-0.3, -0.25) is 0 Å². The van der Waals surface area contributed by atoms with E-state index < -0.39 is 5.82 Å². The van der Waals surface area contributed by atoms with Gasteiger partial charge in [0.05, 0.1) is 16.7 Å². The van der Waals surface area contributed by atoms with Crippen LogP contribution in [0.3, 0.4) is 0 Å². The van der Waals surface area contributed by atoms with Crippen LogP contribution in [0, 0.1) is 11.2 Å². The third kappa shape index (κ3) is 3.50. The van der Waals surface area contributed by atoms with Crippen molar-refractivity contribution in [2.45, 2.75) is 26.7 Å². The SMILES string of the molecule is CCC(CC)(CO)CNc1cc(Cl)c(F)c(Cl)c1. The molecular formula is C13H18Cl2FNO. The maximum atomic E-state index is 13.3. The van der Waals surface area contributed by atoms with Crippen LogP contribution in [0.15, 0.2) is 12.1 Å². The number of hydrogen-bond donors (Lipinski definition) is 2. The number of aliphatic hydroxyl groups excluding tert-OH is 1. The molecule has 0 atom stereocenters. The minimum Gasteiger partial charge on any atom is -0.396 e. The van der Waals surface area contributed by atoms with Crippen LogP contribution in [0.5, 0.6) is 0 Å². The molecule has 0 aromatic heterocycles. The number of rotatable bonds is 6. The number of halogens is 3. The fraction of sp³-hybridized carbons (Fsp3) is 0.538. The molecule has 0 fully saturated rings. The van der Waals surface area contributed by atoms with E-state index in [-0.39, 0.29) is 22.1 Å². The summed E-state index contributed by atoms with van der Waals surface area (Å²) in [7, 11) is 0. The highest BCUT2D eigenvalue weighted by Crippen LogP contribution is 2.30. The third-order valence-electron chi connectivity index (χ3n) is 3.49. The molecule has 0 aliphatic carbocycles. The Labute approximate surface area is 117 Å². The van der Waals surface area contributed by atoms with Gasteiger partial charge in [0.2, 0.25) is 0 Å². The van der Waals surface area contributed by atoms with Crippen molar-refractivity contribution in [1.82, 2.24) is 0 Å². The normalized spacial score (nSPS) is 11.7. The number of nitrogens with one attached hydrogen (secondary N) is 1. The van der Waals surface area contributed by atoms with Gasteiger partial charge in [-0.25, -0.2) is 4.39 Å². The topological polar surface area (TPSA) is 32.3 Å². The highest BCUT2D eigenvalue weighted by molar-refractivity contribution is 6.35. The van der Waals surface area contributed by atoms with E-state index in [4.69, 9.17) is 23.2 Å². The molecule has 1 aromatic rings. The molecule has 2 N–H and O–H groups in total. The molecule has 2 nitrogen and oxygen atoms in total. The molecule has 0 saturated heterocycles. The Morgan fingerprint density at radius 2 is 1.72 bits per heavy atom. The lowest BCUT2D eigenvalue weighted by Gasteiger charge is -2.30. The molecule has 1 rings (SSSR count). The maximum absolute atomic E-state index is 13.3. The summed E-state index contributed by atoms with van der Waals surface area (Å²) in [6.07, 6.45) is 1.71. The van der Waals surface area contributed by atoms with Gasteiger partial charge in [-0.1, -0.05) is 37.0 Å². The Hall–Kier alpha value is -0.510. The molecule has 0 radical (unpaired) electrons. The van der Waals surface area contributed by atoms with Crippen LogP contribution in [0.2, 0.25) is 10.0 Å². The molecule has 18 heavy (non-hydrogen) atoms. The predicted molar refractivity (Wildman–Crippen MR) is 75.0 cm³/mol. The van der Waals surface area contributed by atoms with Gasteiger partial charge in [0.15, 0.2) is 5.82 Å². The Kier molecular flexibility index (Phi) is 5.70. The summed E-state index contributed by atoms with van der Waals surface area (Å²) in [5.41, 5.74) is 0.485. The summed E-state index contributed by atoms with van der Waals surface area (Å²) in [6, 6.07) is 2.99. The standard InChI is InChI=1S/C13H18Cl2FNO/c1-3-13(4-2,8-18)7-17-9-5-10(14)12(16)11(15)6-9/h5-6,17-18H,3-4,7-8H2,1-2H3. The van der Waals surface area contributed by atoms with Crippen LogP contribution >= 0.6 is 23.2 Å². The molecule has 0 aliphatic heterocycles. The van der Waals surface area contributed by atoms with Gasteiger partial charge < -0.3 is 10.4 Å². The first-order valence-corrected chi connectivity index (χ1v) is 6.73. The summed E-state index contributed by atoms with van der Waals surface area (Å²) >= 11 is 11.4. The van der Waals surface area contributed by atoms with E-state index >= 15 is 0 Å². The van der Waals surface area contributed by atoms with Crippen molar-refractivity contribution in [3.8, 4) is 0 Å². The highest BCUT2D eigenvalue weighted by Gasteiger charge is 2.25. The Balaban J connectivity index is 2.80. The van der Waals surface area contributed by atoms with Crippen LogP contribution < -0.4 is 5.32 Å². The van der Waals surface area contributed by atoms with Gasteiger partial charge in [-0.05, 0) is 25.0 Å². The van der Waals surface area contributed by atoms with Gasteiger partial charge >= 0.3 is 0 Å². The minimum atomic E-state index is -0.608. The third-order valence-corrected chi connectivity index (χ3v) is 4.04. The van der Waals surface area contributed by atoms with Crippen LogP contribution in [0.25, 0.3) is 0 Å². The van der Waals surface area contributed by atoms with Crippen molar-refractivity contribution < 1.29 is 9.50 Å². The van der Waals surface area contributed by atoms with E-state index in [1.165, 1.54) is 12.1 Å². The summed E-state index contributed by atoms with van der Waals surface area (Å²) in [4.78, 5) is 0. The Bertz CT molecular complexity index is 377. The van der Waals surface area contributed by atoms with E-state index in [0.717, 1.165) is 12.8 Å². The first-order valence-electron chi connectivity index (χ1n) is 5.97. The number of hydrogen-bond acceptors (Lipinski definition) is 2. The van der Waals surface area contributed by atoms with Crippen molar-refractivity contribution in [1.29, 1.82) is 0 Å². The summed E-state index contributed by atoms with van der Waals surface area (Å²) in [6.45, 7) is 4.77. The number of benzene rings is 1. The molecule has 102 valence electrons. The van der Waals surface area contributed by atoms with Crippen molar-refractivity contribution in [3.05, 3.63) is 28.0 Å². The zero-order valence-electron chi connectivity index (χ0n) is 10.6. The second-order valence-corrected chi connectivity index (χ2v) is 5.29. The molecule has 5 heteroatoms. The lowest BCUT2D eigenvalue weighted by molar-refractivity contribution is 0.127. The average Bonchev–Trinajstić information content (AvgIpc) is 2.38. The van der Waals surface area contributed by atoms with Crippen LogP contribution in [-0.4, -0.2) is 18.3 Å². The van der Waals surface area contributed by atoms with Crippen LogP contribution in [-0.2, 0) is 0 Å². The van der Waals surface area contributed by atoms with Gasteiger partial charge in [-0.15, -0.1) is 0 Å². The fourth-order valence-electron chi connectivity index (χ4n) is 1.73. The molecule has 0 bridgehead atoms. The second kappa shape index (κ2) is 6.60. The van der Waals surface area contributed by atoms with E-state index in [1.807, 2.05) is 13.8 Å². The molecule has 0 saturated carbocycles. The fourth-order valence-corrected chi connectivity index (χ4v) is 2.21. The quantitative estimate of drug-likeness (QED) is 0.765. The first kappa shape index (κ1) is 15.5. The van der Waals surface area contributed by atoms with Crippen molar-refractivity contribution in [2.75, 3.05) is 18.5 Å². The molecule has 0 spiro atoms. The molecule has 0 unspecified atom stereocenters. The zero-order valence-corrected chi connectivity index (χ0v) is 12.1. The molecule has 0 heterocycles. The highest BCUT2D eigenvalue weighted by atomic mass is 35.5. The lowest BCUT2D eigenvalue weighted by atomic mass is 9.83. The average molecular weight is 294 g/mol. The van der Waals surface area contributed by atoms with Gasteiger partial charge in [0.1, 0.15) is 0 Å². The van der Waals surface area contributed by atoms with Crippen molar-refractivity contribution in [2.24, 2.45) is 5.41 Å². The van der Waals surface area contributed by atoms with Crippen molar-refractivity contribution in [3.63, 3.8) is 0 Å². The van der Waals surface area contributed by atoms with Gasteiger partial charge in [0.25, 0.3) is 0 Å². The van der Waals surface area contributed by atoms with E-state index in [9.17, 15) is 9.50 Å². The van der Waals surface area contributed by atoms with Gasteiger partial charge in [0, 0.05) is 17.6 Å². The zero-order chi connectivity index (χ0) is 13.8. The Morgan fingerprint density at radius 1 is 1.22 bits per heavy atom. The number of aliphatic hydroxyl groups is 1. The summed E-state index contributed by atoms with van der Waals surface area (Å²) in [5, 5.41) is 12.6. The van der Waals surface area contributed by atoms with E-state index in [0.29, 0.717) is 12.2 Å². The molecular weight excluding hydrogens is 276 g/mol. The largest absolute Gasteiger partial charge is 0.396 e. The van der Waals surface area contributed by atoms with Gasteiger partial charge in [-0.2, -0.15) is 0 Å².